The van der Waals surface area contributed by atoms with Gasteiger partial charge in [-0.15, -0.1) is 0 Å². The van der Waals surface area contributed by atoms with E-state index in [-0.39, 0.29) is 17.8 Å². The van der Waals surface area contributed by atoms with Crippen LogP contribution in [0.25, 0.3) is 0 Å². The number of hydrogen-bond acceptors (Lipinski definition) is 3. The maximum Gasteiger partial charge on any atom is 0.333 e. The van der Waals surface area contributed by atoms with Crippen LogP contribution in [0, 0.1) is 0 Å². The molecule has 1 aromatic rings. The summed E-state index contributed by atoms with van der Waals surface area (Å²) in [7, 11) is 1.27. The van der Waals surface area contributed by atoms with Crippen molar-refractivity contribution in [2.45, 2.75) is 19.8 Å². The molecule has 0 heterocycles. The maximum absolute atomic E-state index is 11.8. The lowest BCUT2D eigenvalue weighted by atomic mass is 10.0. The molecular formula is C14H16O3. The maximum atomic E-state index is 11.8. The zero-order valence-electron chi connectivity index (χ0n) is 10.2. The number of esters is 1. The van der Waals surface area contributed by atoms with Crippen LogP contribution in [0.1, 0.15) is 29.3 Å². The van der Waals surface area contributed by atoms with Gasteiger partial charge < -0.3 is 4.74 Å². The van der Waals surface area contributed by atoms with Crippen LogP contribution in [-0.2, 0) is 16.0 Å². The number of carbonyl (C=O) groups excluding carboxylic acids is 2. The van der Waals surface area contributed by atoms with Crippen molar-refractivity contribution in [3.05, 3.63) is 47.5 Å². The van der Waals surface area contributed by atoms with Crippen molar-refractivity contribution in [1.29, 1.82) is 0 Å². The fourth-order valence-electron chi connectivity index (χ4n) is 1.44. The second kappa shape index (κ2) is 5.99. The number of ketones is 1. The highest BCUT2D eigenvalue weighted by atomic mass is 16.5. The SMILES string of the molecule is C=C(CC(=O)c1ccc(CC)cc1)C(=O)OC. The summed E-state index contributed by atoms with van der Waals surface area (Å²) in [6, 6.07) is 7.36. The average molecular weight is 232 g/mol. The monoisotopic (exact) mass is 232 g/mol. The molecule has 0 bridgehead atoms. The van der Waals surface area contributed by atoms with Crippen molar-refractivity contribution in [1.82, 2.24) is 0 Å². The molecule has 0 unspecified atom stereocenters. The van der Waals surface area contributed by atoms with E-state index in [2.05, 4.69) is 18.2 Å². The second-order valence-electron chi connectivity index (χ2n) is 3.75. The molecule has 1 aromatic carbocycles. The number of benzene rings is 1. The highest BCUT2D eigenvalue weighted by molar-refractivity contribution is 6.03. The van der Waals surface area contributed by atoms with E-state index in [1.807, 2.05) is 12.1 Å². The van der Waals surface area contributed by atoms with Gasteiger partial charge in [-0.25, -0.2) is 4.79 Å². The standard InChI is InChI=1S/C14H16O3/c1-4-11-5-7-12(8-6-11)13(15)9-10(2)14(16)17-3/h5-8H,2,4,9H2,1,3H3. The summed E-state index contributed by atoms with van der Waals surface area (Å²) in [5.41, 5.74) is 1.94. The van der Waals surface area contributed by atoms with Gasteiger partial charge in [-0.2, -0.15) is 0 Å². The van der Waals surface area contributed by atoms with Crippen molar-refractivity contribution in [2.75, 3.05) is 7.11 Å². The van der Waals surface area contributed by atoms with Gasteiger partial charge in [0.1, 0.15) is 0 Å². The van der Waals surface area contributed by atoms with Crippen LogP contribution in [0.2, 0.25) is 0 Å². The molecule has 0 aliphatic rings. The molecule has 3 heteroatoms. The molecule has 90 valence electrons. The fraction of sp³-hybridized carbons (Fsp3) is 0.286. The Balaban J connectivity index is 2.70. The summed E-state index contributed by atoms with van der Waals surface area (Å²) in [5.74, 6) is -0.661. The largest absolute Gasteiger partial charge is 0.466 e. The molecule has 0 aromatic heterocycles. The third-order valence-corrected chi connectivity index (χ3v) is 2.53. The van der Waals surface area contributed by atoms with Crippen LogP contribution in [0.15, 0.2) is 36.4 Å². The zero-order valence-corrected chi connectivity index (χ0v) is 10.2. The number of ether oxygens (including phenoxy) is 1. The Kier molecular flexibility index (Phi) is 4.64. The molecule has 1 rings (SSSR count). The minimum atomic E-state index is -0.538. The first kappa shape index (κ1) is 13.2. The van der Waals surface area contributed by atoms with Gasteiger partial charge in [0.05, 0.1) is 7.11 Å². The first-order chi connectivity index (χ1) is 8.08. The lowest BCUT2D eigenvalue weighted by Crippen LogP contribution is -2.09. The van der Waals surface area contributed by atoms with E-state index < -0.39 is 5.97 Å². The summed E-state index contributed by atoms with van der Waals surface area (Å²) in [5, 5.41) is 0. The molecule has 0 saturated carbocycles. The Morgan fingerprint density at radius 2 is 1.82 bits per heavy atom. The van der Waals surface area contributed by atoms with Crippen LogP contribution >= 0.6 is 0 Å². The molecule has 3 nitrogen and oxygen atoms in total. The van der Waals surface area contributed by atoms with E-state index in [9.17, 15) is 9.59 Å². The van der Waals surface area contributed by atoms with Crippen LogP contribution in [0.3, 0.4) is 0 Å². The molecule has 0 radical (unpaired) electrons. The van der Waals surface area contributed by atoms with Gasteiger partial charge in [0.2, 0.25) is 0 Å². The Morgan fingerprint density at radius 3 is 2.29 bits per heavy atom. The Bertz CT molecular complexity index is 429. The quantitative estimate of drug-likeness (QED) is 0.445. The van der Waals surface area contributed by atoms with E-state index in [1.165, 1.54) is 12.7 Å². The van der Waals surface area contributed by atoms with Crippen molar-refractivity contribution < 1.29 is 14.3 Å². The number of rotatable bonds is 5. The summed E-state index contributed by atoms with van der Waals surface area (Å²) in [6.45, 7) is 5.58. The van der Waals surface area contributed by atoms with Crippen molar-refractivity contribution in [2.24, 2.45) is 0 Å². The van der Waals surface area contributed by atoms with Crippen LogP contribution in [0.5, 0.6) is 0 Å². The third kappa shape index (κ3) is 3.55. The van der Waals surface area contributed by atoms with Gasteiger partial charge in [-0.3, -0.25) is 4.79 Å². The van der Waals surface area contributed by atoms with E-state index >= 15 is 0 Å². The Hall–Kier alpha value is -1.90. The van der Waals surface area contributed by atoms with E-state index in [1.54, 1.807) is 12.1 Å². The van der Waals surface area contributed by atoms with Gasteiger partial charge in [0, 0.05) is 17.6 Å². The molecule has 0 N–H and O–H groups in total. The molecular weight excluding hydrogens is 216 g/mol. The third-order valence-electron chi connectivity index (χ3n) is 2.53. The lowest BCUT2D eigenvalue weighted by molar-refractivity contribution is -0.136. The Morgan fingerprint density at radius 1 is 1.24 bits per heavy atom. The van der Waals surface area contributed by atoms with Gasteiger partial charge in [0.15, 0.2) is 5.78 Å². The number of methoxy groups -OCH3 is 1. The van der Waals surface area contributed by atoms with E-state index in [0.29, 0.717) is 5.56 Å². The normalized spacial score (nSPS) is 9.76. The summed E-state index contributed by atoms with van der Waals surface area (Å²) < 4.78 is 4.49. The molecule has 0 aliphatic heterocycles. The van der Waals surface area contributed by atoms with E-state index in [4.69, 9.17) is 0 Å². The predicted octanol–water partition coefficient (Wildman–Crippen LogP) is 2.55. The predicted molar refractivity (Wildman–Crippen MR) is 65.9 cm³/mol. The summed E-state index contributed by atoms with van der Waals surface area (Å²) >= 11 is 0. The molecule has 0 aliphatic carbocycles. The smallest absolute Gasteiger partial charge is 0.333 e. The van der Waals surface area contributed by atoms with E-state index in [0.717, 1.165) is 6.42 Å². The topological polar surface area (TPSA) is 43.4 Å². The highest BCUT2D eigenvalue weighted by Gasteiger charge is 2.13. The van der Waals surface area contributed by atoms with Gasteiger partial charge in [-0.05, 0) is 12.0 Å². The minimum absolute atomic E-state index is 0.00184. The van der Waals surface area contributed by atoms with Crippen LogP contribution in [-0.4, -0.2) is 18.9 Å². The van der Waals surface area contributed by atoms with Gasteiger partial charge in [0.25, 0.3) is 0 Å². The number of carbonyl (C=O) groups is 2. The molecule has 0 atom stereocenters. The summed E-state index contributed by atoms with van der Waals surface area (Å²) in [6.07, 6.45) is 0.932. The first-order valence-electron chi connectivity index (χ1n) is 5.46. The fourth-order valence-corrected chi connectivity index (χ4v) is 1.44. The number of aryl methyl sites for hydroxylation is 1. The zero-order chi connectivity index (χ0) is 12.8. The van der Waals surface area contributed by atoms with Crippen molar-refractivity contribution >= 4 is 11.8 Å². The molecule has 0 spiro atoms. The lowest BCUT2D eigenvalue weighted by Gasteiger charge is -2.04. The first-order valence-corrected chi connectivity index (χ1v) is 5.46. The van der Waals surface area contributed by atoms with Crippen LogP contribution < -0.4 is 0 Å². The van der Waals surface area contributed by atoms with Gasteiger partial charge in [-0.1, -0.05) is 37.8 Å². The van der Waals surface area contributed by atoms with Crippen molar-refractivity contribution in [3.8, 4) is 0 Å². The number of Topliss-reactive ketones (excluding diaryl/α,β-unsaturated/α-hetero) is 1. The highest BCUT2D eigenvalue weighted by Crippen LogP contribution is 2.11. The van der Waals surface area contributed by atoms with Crippen LogP contribution in [0.4, 0.5) is 0 Å². The Labute approximate surface area is 101 Å². The van der Waals surface area contributed by atoms with Crippen molar-refractivity contribution in [3.63, 3.8) is 0 Å². The minimum Gasteiger partial charge on any atom is -0.466 e. The molecule has 0 saturated heterocycles. The molecule has 0 fully saturated rings. The van der Waals surface area contributed by atoms with Gasteiger partial charge >= 0.3 is 5.97 Å². The molecule has 17 heavy (non-hydrogen) atoms. The molecule has 0 amide bonds. The second-order valence-corrected chi connectivity index (χ2v) is 3.75. The number of hydrogen-bond donors (Lipinski definition) is 0. The summed E-state index contributed by atoms with van der Waals surface area (Å²) in [4.78, 5) is 22.9. The average Bonchev–Trinajstić information content (AvgIpc) is 2.37.